The molecule has 0 aliphatic rings. The molecule has 0 atom stereocenters. The van der Waals surface area contributed by atoms with Crippen LogP contribution in [0.3, 0.4) is 0 Å². The molecule has 2 aromatic rings. The lowest BCUT2D eigenvalue weighted by molar-refractivity contribution is 0.101. The quantitative estimate of drug-likeness (QED) is 0.797. The molecule has 0 fully saturated rings. The van der Waals surface area contributed by atoms with E-state index in [4.69, 9.17) is 4.42 Å². The monoisotopic (exact) mass is 215 g/mol. The van der Waals surface area contributed by atoms with Crippen molar-refractivity contribution in [2.75, 3.05) is 5.32 Å². The van der Waals surface area contributed by atoms with Gasteiger partial charge in [0.05, 0.1) is 12.8 Å². The van der Waals surface area contributed by atoms with Crippen molar-refractivity contribution in [3.63, 3.8) is 0 Å². The second kappa shape index (κ2) is 4.66. The number of benzene rings is 1. The van der Waals surface area contributed by atoms with Gasteiger partial charge in [0.1, 0.15) is 5.76 Å². The molecule has 0 aliphatic heterocycles. The van der Waals surface area contributed by atoms with Crippen LogP contribution in [0.25, 0.3) is 0 Å². The van der Waals surface area contributed by atoms with Crippen LogP contribution in [-0.2, 0) is 6.54 Å². The summed E-state index contributed by atoms with van der Waals surface area (Å²) in [5.41, 5.74) is 1.54. The van der Waals surface area contributed by atoms with E-state index in [0.29, 0.717) is 12.1 Å². The second-order valence-corrected chi connectivity index (χ2v) is 3.53. The predicted molar refractivity (Wildman–Crippen MR) is 62.5 cm³/mol. The third kappa shape index (κ3) is 2.31. The van der Waals surface area contributed by atoms with Crippen LogP contribution in [0.5, 0.6) is 0 Å². The van der Waals surface area contributed by atoms with Gasteiger partial charge in [-0.15, -0.1) is 0 Å². The Morgan fingerprint density at radius 3 is 2.75 bits per heavy atom. The van der Waals surface area contributed by atoms with Gasteiger partial charge in [-0.3, -0.25) is 4.79 Å². The summed E-state index contributed by atoms with van der Waals surface area (Å²) >= 11 is 0. The molecule has 0 amide bonds. The lowest BCUT2D eigenvalue weighted by atomic mass is 10.1. The Morgan fingerprint density at radius 2 is 2.06 bits per heavy atom. The molecule has 0 aliphatic carbocycles. The van der Waals surface area contributed by atoms with Gasteiger partial charge in [-0.25, -0.2) is 0 Å². The van der Waals surface area contributed by atoms with E-state index in [2.05, 4.69) is 5.32 Å². The zero-order valence-electron chi connectivity index (χ0n) is 9.07. The van der Waals surface area contributed by atoms with Gasteiger partial charge in [0.2, 0.25) is 0 Å². The van der Waals surface area contributed by atoms with Crippen LogP contribution in [0.4, 0.5) is 5.69 Å². The van der Waals surface area contributed by atoms with Gasteiger partial charge in [0.15, 0.2) is 5.78 Å². The van der Waals surface area contributed by atoms with Gasteiger partial charge in [-0.05, 0) is 31.2 Å². The number of nitrogens with one attached hydrogen (secondary N) is 1. The summed E-state index contributed by atoms with van der Waals surface area (Å²) in [6.45, 7) is 2.14. The lowest BCUT2D eigenvalue weighted by Gasteiger charge is -2.08. The number of carbonyl (C=O) groups is 1. The molecule has 0 unspecified atom stereocenters. The normalized spacial score (nSPS) is 10.1. The molecule has 0 radical (unpaired) electrons. The van der Waals surface area contributed by atoms with Crippen LogP contribution in [0, 0.1) is 0 Å². The van der Waals surface area contributed by atoms with E-state index >= 15 is 0 Å². The van der Waals surface area contributed by atoms with Crippen molar-refractivity contribution in [3.05, 3.63) is 54.0 Å². The Kier molecular flexibility index (Phi) is 3.05. The standard InChI is InChI=1S/C13H13NO2/c1-10(15)12-6-2-3-7-13(12)14-9-11-5-4-8-16-11/h2-8,14H,9H2,1H3. The molecule has 1 N–H and O–H groups in total. The number of ketones is 1. The average Bonchev–Trinajstić information content (AvgIpc) is 2.79. The van der Waals surface area contributed by atoms with Gasteiger partial charge in [0.25, 0.3) is 0 Å². The topological polar surface area (TPSA) is 42.2 Å². The van der Waals surface area contributed by atoms with E-state index in [1.54, 1.807) is 13.2 Å². The molecule has 2 rings (SSSR count). The van der Waals surface area contributed by atoms with Crippen molar-refractivity contribution in [2.45, 2.75) is 13.5 Å². The largest absolute Gasteiger partial charge is 0.467 e. The lowest BCUT2D eigenvalue weighted by Crippen LogP contribution is -2.04. The SMILES string of the molecule is CC(=O)c1ccccc1NCc1ccco1. The number of carbonyl (C=O) groups excluding carboxylic acids is 1. The number of furan rings is 1. The van der Waals surface area contributed by atoms with Crippen LogP contribution >= 0.6 is 0 Å². The van der Waals surface area contributed by atoms with Crippen LogP contribution in [0.2, 0.25) is 0 Å². The summed E-state index contributed by atoms with van der Waals surface area (Å²) in [5, 5.41) is 3.18. The summed E-state index contributed by atoms with van der Waals surface area (Å²) < 4.78 is 5.21. The predicted octanol–water partition coefficient (Wildman–Crippen LogP) is 3.09. The number of anilines is 1. The highest BCUT2D eigenvalue weighted by molar-refractivity contribution is 5.99. The van der Waals surface area contributed by atoms with E-state index < -0.39 is 0 Å². The Morgan fingerprint density at radius 1 is 1.25 bits per heavy atom. The molecule has 1 aromatic carbocycles. The maximum Gasteiger partial charge on any atom is 0.161 e. The highest BCUT2D eigenvalue weighted by atomic mass is 16.3. The molecule has 0 saturated carbocycles. The molecular weight excluding hydrogens is 202 g/mol. The summed E-state index contributed by atoms with van der Waals surface area (Å²) in [4.78, 5) is 11.4. The molecule has 1 heterocycles. The van der Waals surface area contributed by atoms with Crippen molar-refractivity contribution in [1.29, 1.82) is 0 Å². The van der Waals surface area contributed by atoms with Crippen LogP contribution < -0.4 is 5.32 Å². The van der Waals surface area contributed by atoms with E-state index in [0.717, 1.165) is 11.4 Å². The fraction of sp³-hybridized carbons (Fsp3) is 0.154. The maximum absolute atomic E-state index is 11.4. The van der Waals surface area contributed by atoms with Crippen molar-refractivity contribution in [1.82, 2.24) is 0 Å². The number of rotatable bonds is 4. The first kappa shape index (κ1) is 10.5. The second-order valence-electron chi connectivity index (χ2n) is 3.53. The minimum absolute atomic E-state index is 0.0579. The van der Waals surface area contributed by atoms with Gasteiger partial charge in [-0.1, -0.05) is 12.1 Å². The van der Waals surface area contributed by atoms with E-state index in [1.807, 2.05) is 36.4 Å². The third-order valence-electron chi connectivity index (χ3n) is 2.34. The Balaban J connectivity index is 2.12. The number of hydrogen-bond donors (Lipinski definition) is 1. The highest BCUT2D eigenvalue weighted by Gasteiger charge is 2.05. The molecule has 0 bridgehead atoms. The summed E-state index contributed by atoms with van der Waals surface area (Å²) in [6.07, 6.45) is 1.63. The maximum atomic E-state index is 11.4. The van der Waals surface area contributed by atoms with Crippen molar-refractivity contribution in [3.8, 4) is 0 Å². The smallest absolute Gasteiger partial charge is 0.161 e. The first-order valence-electron chi connectivity index (χ1n) is 5.13. The Hall–Kier alpha value is -2.03. The zero-order valence-corrected chi connectivity index (χ0v) is 9.07. The summed E-state index contributed by atoms with van der Waals surface area (Å²) in [5.74, 6) is 0.904. The number of Topliss-reactive ketones (excluding diaryl/α,β-unsaturated/α-hetero) is 1. The van der Waals surface area contributed by atoms with E-state index in [-0.39, 0.29) is 5.78 Å². The molecule has 0 saturated heterocycles. The highest BCUT2D eigenvalue weighted by Crippen LogP contribution is 2.16. The Bertz CT molecular complexity index is 474. The van der Waals surface area contributed by atoms with Crippen molar-refractivity contribution in [2.24, 2.45) is 0 Å². The molecule has 0 spiro atoms. The van der Waals surface area contributed by atoms with Crippen LogP contribution in [0.15, 0.2) is 47.1 Å². The Labute approximate surface area is 94.1 Å². The van der Waals surface area contributed by atoms with Gasteiger partial charge >= 0.3 is 0 Å². The fourth-order valence-corrected chi connectivity index (χ4v) is 1.54. The molecule has 3 heteroatoms. The van der Waals surface area contributed by atoms with Crippen molar-refractivity contribution < 1.29 is 9.21 Å². The fourth-order valence-electron chi connectivity index (χ4n) is 1.54. The molecular formula is C13H13NO2. The van der Waals surface area contributed by atoms with Crippen LogP contribution in [-0.4, -0.2) is 5.78 Å². The van der Waals surface area contributed by atoms with Crippen molar-refractivity contribution >= 4 is 11.5 Å². The van der Waals surface area contributed by atoms with E-state index in [9.17, 15) is 4.79 Å². The van der Waals surface area contributed by atoms with Gasteiger partial charge in [-0.2, -0.15) is 0 Å². The average molecular weight is 215 g/mol. The number of para-hydroxylation sites is 1. The van der Waals surface area contributed by atoms with Crippen LogP contribution in [0.1, 0.15) is 23.0 Å². The first-order chi connectivity index (χ1) is 7.77. The summed E-state index contributed by atoms with van der Waals surface area (Å²) in [7, 11) is 0. The molecule has 16 heavy (non-hydrogen) atoms. The van der Waals surface area contributed by atoms with Gasteiger partial charge < -0.3 is 9.73 Å². The number of hydrogen-bond acceptors (Lipinski definition) is 3. The molecule has 1 aromatic heterocycles. The first-order valence-corrected chi connectivity index (χ1v) is 5.13. The molecule has 3 nitrogen and oxygen atoms in total. The minimum atomic E-state index is 0.0579. The van der Waals surface area contributed by atoms with Gasteiger partial charge in [0, 0.05) is 11.3 Å². The minimum Gasteiger partial charge on any atom is -0.467 e. The third-order valence-corrected chi connectivity index (χ3v) is 2.34. The molecule has 82 valence electrons. The zero-order chi connectivity index (χ0) is 11.4. The van der Waals surface area contributed by atoms with E-state index in [1.165, 1.54) is 0 Å². The summed E-state index contributed by atoms with van der Waals surface area (Å²) in [6, 6.07) is 11.2.